The highest BCUT2D eigenvalue weighted by atomic mass is 16.5. The molecule has 2 saturated heterocycles. The second kappa shape index (κ2) is 6.08. The number of nitrogens with one attached hydrogen (secondary N) is 1. The first kappa shape index (κ1) is 15.2. The minimum atomic E-state index is 0.296. The Morgan fingerprint density at radius 1 is 1.16 bits per heavy atom. The minimum Gasteiger partial charge on any atom is -0.381 e. The van der Waals surface area contributed by atoms with Crippen LogP contribution in [-0.2, 0) is 4.74 Å². The molecule has 0 radical (unpaired) electrons. The summed E-state index contributed by atoms with van der Waals surface area (Å²) in [5.74, 6) is 0. The van der Waals surface area contributed by atoms with Gasteiger partial charge in [-0.05, 0) is 46.2 Å². The maximum Gasteiger partial charge on any atom is 0.0472 e. The highest BCUT2D eigenvalue weighted by Crippen LogP contribution is 2.32. The van der Waals surface area contributed by atoms with Crippen LogP contribution in [0.4, 0.5) is 0 Å². The zero-order chi connectivity index (χ0) is 13.9. The molecular formula is C15H31N3O. The van der Waals surface area contributed by atoms with Gasteiger partial charge in [0.2, 0.25) is 0 Å². The van der Waals surface area contributed by atoms with E-state index in [4.69, 9.17) is 4.74 Å². The van der Waals surface area contributed by atoms with E-state index < -0.39 is 0 Å². The molecule has 0 aromatic rings. The fourth-order valence-corrected chi connectivity index (χ4v) is 3.52. The zero-order valence-corrected chi connectivity index (χ0v) is 13.2. The minimum absolute atomic E-state index is 0.296. The fraction of sp³-hybridized carbons (Fsp3) is 1.00. The van der Waals surface area contributed by atoms with E-state index in [-0.39, 0.29) is 0 Å². The molecule has 0 saturated carbocycles. The molecule has 0 aromatic carbocycles. The van der Waals surface area contributed by atoms with Gasteiger partial charge >= 0.3 is 0 Å². The van der Waals surface area contributed by atoms with Crippen LogP contribution in [0, 0.1) is 5.41 Å². The summed E-state index contributed by atoms with van der Waals surface area (Å²) in [6.07, 6.45) is 2.39. The summed E-state index contributed by atoms with van der Waals surface area (Å²) in [5.41, 5.74) is 0.712. The standard InChI is InChI=1S/C15H31N3O/c1-14(2)12-18(8-7-17(14)4)13-15(11-16-3)5-9-19-10-6-15/h16H,5-13H2,1-4H3. The number of hydrogen-bond acceptors (Lipinski definition) is 4. The molecule has 2 aliphatic heterocycles. The lowest BCUT2D eigenvalue weighted by Crippen LogP contribution is -2.60. The molecule has 0 aromatic heterocycles. The van der Waals surface area contributed by atoms with Crippen molar-refractivity contribution in [2.75, 3.05) is 60.0 Å². The van der Waals surface area contributed by atoms with E-state index >= 15 is 0 Å². The first-order valence-corrected chi connectivity index (χ1v) is 7.63. The van der Waals surface area contributed by atoms with Crippen LogP contribution in [-0.4, -0.2) is 75.4 Å². The van der Waals surface area contributed by atoms with E-state index in [1.54, 1.807) is 0 Å². The lowest BCUT2D eigenvalue weighted by Gasteiger charge is -2.49. The molecule has 0 aliphatic carbocycles. The first-order valence-electron chi connectivity index (χ1n) is 7.63. The third-order valence-corrected chi connectivity index (χ3v) is 5.06. The molecule has 112 valence electrons. The van der Waals surface area contributed by atoms with Crippen molar-refractivity contribution in [1.82, 2.24) is 15.1 Å². The molecule has 4 nitrogen and oxygen atoms in total. The van der Waals surface area contributed by atoms with Crippen molar-refractivity contribution in [2.45, 2.75) is 32.2 Å². The molecule has 0 amide bonds. The van der Waals surface area contributed by atoms with Crippen LogP contribution in [0.2, 0.25) is 0 Å². The van der Waals surface area contributed by atoms with Gasteiger partial charge in [0.15, 0.2) is 0 Å². The predicted octanol–water partition coefficient (Wildman–Crippen LogP) is 1.03. The van der Waals surface area contributed by atoms with E-state index in [1.807, 2.05) is 0 Å². The number of piperazine rings is 1. The van der Waals surface area contributed by atoms with Gasteiger partial charge < -0.3 is 10.1 Å². The van der Waals surface area contributed by atoms with Gasteiger partial charge in [0.05, 0.1) is 0 Å². The highest BCUT2D eigenvalue weighted by Gasteiger charge is 2.38. The summed E-state index contributed by atoms with van der Waals surface area (Å²) in [5, 5.41) is 3.40. The molecule has 1 N–H and O–H groups in total. The molecule has 0 atom stereocenters. The molecule has 0 bridgehead atoms. The smallest absolute Gasteiger partial charge is 0.0472 e. The number of likely N-dealkylation sites (N-methyl/N-ethyl adjacent to an activating group) is 1. The van der Waals surface area contributed by atoms with Crippen molar-refractivity contribution < 1.29 is 4.74 Å². The van der Waals surface area contributed by atoms with Crippen LogP contribution >= 0.6 is 0 Å². The Bertz CT molecular complexity index is 282. The van der Waals surface area contributed by atoms with Crippen molar-refractivity contribution in [3.63, 3.8) is 0 Å². The predicted molar refractivity (Wildman–Crippen MR) is 79.6 cm³/mol. The summed E-state index contributed by atoms with van der Waals surface area (Å²) in [4.78, 5) is 5.15. The van der Waals surface area contributed by atoms with Crippen LogP contribution in [0.1, 0.15) is 26.7 Å². The normalized spacial score (nSPS) is 28.4. The maximum absolute atomic E-state index is 5.56. The van der Waals surface area contributed by atoms with Gasteiger partial charge in [-0.3, -0.25) is 9.80 Å². The van der Waals surface area contributed by atoms with Gasteiger partial charge in [-0.2, -0.15) is 0 Å². The molecular weight excluding hydrogens is 238 g/mol. The van der Waals surface area contributed by atoms with Crippen molar-refractivity contribution in [1.29, 1.82) is 0 Å². The molecule has 0 spiro atoms. The van der Waals surface area contributed by atoms with Gasteiger partial charge in [0, 0.05) is 51.5 Å². The first-order chi connectivity index (χ1) is 8.97. The highest BCUT2D eigenvalue weighted by molar-refractivity contribution is 4.93. The second-order valence-corrected chi connectivity index (χ2v) is 7.09. The van der Waals surface area contributed by atoms with E-state index in [0.717, 1.165) is 19.8 Å². The van der Waals surface area contributed by atoms with E-state index in [2.05, 4.69) is 43.1 Å². The topological polar surface area (TPSA) is 27.7 Å². The third kappa shape index (κ3) is 3.69. The summed E-state index contributed by atoms with van der Waals surface area (Å²) in [6.45, 7) is 12.5. The Morgan fingerprint density at radius 3 is 2.42 bits per heavy atom. The Hall–Kier alpha value is -0.160. The summed E-state index contributed by atoms with van der Waals surface area (Å²) >= 11 is 0. The van der Waals surface area contributed by atoms with Crippen molar-refractivity contribution in [3.8, 4) is 0 Å². The van der Waals surface area contributed by atoms with Crippen LogP contribution in [0.3, 0.4) is 0 Å². The Kier molecular flexibility index (Phi) is 4.88. The average Bonchev–Trinajstić information content (AvgIpc) is 2.35. The van der Waals surface area contributed by atoms with E-state index in [1.165, 1.54) is 39.0 Å². The van der Waals surface area contributed by atoms with Crippen LogP contribution < -0.4 is 5.32 Å². The molecule has 0 unspecified atom stereocenters. The molecule has 19 heavy (non-hydrogen) atoms. The van der Waals surface area contributed by atoms with Crippen LogP contribution in [0.25, 0.3) is 0 Å². The maximum atomic E-state index is 5.56. The van der Waals surface area contributed by atoms with Crippen molar-refractivity contribution in [2.24, 2.45) is 5.41 Å². The number of hydrogen-bond donors (Lipinski definition) is 1. The summed E-state index contributed by atoms with van der Waals surface area (Å²) in [7, 11) is 4.32. The molecule has 4 heteroatoms. The Labute approximate surface area is 118 Å². The van der Waals surface area contributed by atoms with Gasteiger partial charge in [-0.15, -0.1) is 0 Å². The Balaban J connectivity index is 1.97. The average molecular weight is 269 g/mol. The lowest BCUT2D eigenvalue weighted by atomic mass is 9.79. The van der Waals surface area contributed by atoms with Gasteiger partial charge in [0.25, 0.3) is 0 Å². The quantitative estimate of drug-likeness (QED) is 0.825. The summed E-state index contributed by atoms with van der Waals surface area (Å²) in [6, 6.07) is 0. The van der Waals surface area contributed by atoms with E-state index in [9.17, 15) is 0 Å². The fourth-order valence-electron chi connectivity index (χ4n) is 3.52. The van der Waals surface area contributed by atoms with Gasteiger partial charge in [0.1, 0.15) is 0 Å². The number of ether oxygens (including phenoxy) is 1. The zero-order valence-electron chi connectivity index (χ0n) is 13.2. The SMILES string of the molecule is CNCC1(CN2CCN(C)C(C)(C)C2)CCOCC1. The van der Waals surface area contributed by atoms with Crippen molar-refractivity contribution in [3.05, 3.63) is 0 Å². The number of nitrogens with zero attached hydrogens (tertiary/aromatic N) is 2. The summed E-state index contributed by atoms with van der Waals surface area (Å²) < 4.78 is 5.56. The van der Waals surface area contributed by atoms with Gasteiger partial charge in [-0.1, -0.05) is 0 Å². The van der Waals surface area contributed by atoms with E-state index in [0.29, 0.717) is 11.0 Å². The van der Waals surface area contributed by atoms with Crippen LogP contribution in [0.5, 0.6) is 0 Å². The number of rotatable bonds is 4. The molecule has 2 fully saturated rings. The largest absolute Gasteiger partial charge is 0.381 e. The van der Waals surface area contributed by atoms with Gasteiger partial charge in [-0.25, -0.2) is 0 Å². The Morgan fingerprint density at radius 2 is 1.84 bits per heavy atom. The van der Waals surface area contributed by atoms with Crippen molar-refractivity contribution >= 4 is 0 Å². The molecule has 2 rings (SSSR count). The monoisotopic (exact) mass is 269 g/mol. The third-order valence-electron chi connectivity index (χ3n) is 5.06. The lowest BCUT2D eigenvalue weighted by molar-refractivity contribution is -0.0294. The molecule has 2 aliphatic rings. The molecule has 2 heterocycles. The second-order valence-electron chi connectivity index (χ2n) is 7.09. The van der Waals surface area contributed by atoms with Crippen LogP contribution in [0.15, 0.2) is 0 Å².